The average molecular weight is 394 g/mol. The van der Waals surface area contributed by atoms with Gasteiger partial charge in [-0.05, 0) is 52.0 Å². The maximum absolute atomic E-state index is 12.1. The van der Waals surface area contributed by atoms with E-state index in [0.717, 1.165) is 0 Å². The van der Waals surface area contributed by atoms with Gasteiger partial charge in [0.2, 0.25) is 11.5 Å². The Balaban J connectivity index is 2.74. The predicted octanol–water partition coefficient (Wildman–Crippen LogP) is 3.33. The number of hydrogen-bond acceptors (Lipinski definition) is 8. The van der Waals surface area contributed by atoms with Crippen molar-refractivity contribution in [3.8, 4) is 11.5 Å². The Kier molecular flexibility index (Phi) is 10.7. The molecule has 154 valence electrons. The Morgan fingerprint density at radius 2 is 1.04 bits per heavy atom. The fourth-order valence-electron chi connectivity index (χ4n) is 1.80. The van der Waals surface area contributed by atoms with Crippen molar-refractivity contribution in [3.63, 3.8) is 0 Å². The van der Waals surface area contributed by atoms with E-state index in [4.69, 9.17) is 28.4 Å². The molecule has 0 N–H and O–H groups in total. The zero-order chi connectivity index (χ0) is 20.8. The first-order valence-corrected chi connectivity index (χ1v) is 8.99. The minimum atomic E-state index is -0.696. The van der Waals surface area contributed by atoms with Crippen LogP contribution in [-0.4, -0.2) is 38.4 Å². The van der Waals surface area contributed by atoms with Crippen molar-refractivity contribution < 1.29 is 38.0 Å². The van der Waals surface area contributed by atoms with Gasteiger partial charge in [-0.3, -0.25) is 0 Å². The number of rotatable bonds is 12. The van der Waals surface area contributed by atoms with Gasteiger partial charge in [-0.2, -0.15) is 0 Å². The molecule has 0 radical (unpaired) electrons. The molecule has 8 nitrogen and oxygen atoms in total. The van der Waals surface area contributed by atoms with E-state index in [-0.39, 0.29) is 23.0 Å². The molecule has 1 aromatic rings. The van der Waals surface area contributed by atoms with Gasteiger partial charge in [-0.25, -0.2) is 9.59 Å². The van der Waals surface area contributed by atoms with Crippen molar-refractivity contribution in [3.05, 3.63) is 48.3 Å². The van der Waals surface area contributed by atoms with E-state index < -0.39 is 11.9 Å². The summed E-state index contributed by atoms with van der Waals surface area (Å²) in [6.07, 6.45) is 2.42. The normalized spacial score (nSPS) is 11.4. The van der Waals surface area contributed by atoms with Gasteiger partial charge >= 0.3 is 11.9 Å². The minimum Gasteiger partial charge on any atom is -0.497 e. The number of ether oxygens (including phenoxy) is 6. The van der Waals surface area contributed by atoms with Crippen LogP contribution in [0.1, 0.15) is 27.7 Å². The first-order valence-electron chi connectivity index (χ1n) is 8.99. The third-order valence-electron chi connectivity index (χ3n) is 2.96. The summed E-state index contributed by atoms with van der Waals surface area (Å²) >= 11 is 0. The smallest absolute Gasteiger partial charge is 0.382 e. The molecule has 8 heteroatoms. The van der Waals surface area contributed by atoms with Gasteiger partial charge in [0.25, 0.3) is 0 Å². The molecular weight excluding hydrogens is 368 g/mol. The largest absolute Gasteiger partial charge is 0.497 e. The molecule has 1 aromatic carbocycles. The Labute approximate surface area is 164 Å². The average Bonchev–Trinajstić information content (AvgIpc) is 2.69. The lowest BCUT2D eigenvalue weighted by atomic mass is 10.3. The van der Waals surface area contributed by atoms with Gasteiger partial charge in [0.15, 0.2) is 0 Å². The molecule has 0 aromatic heterocycles. The molecule has 0 saturated heterocycles. The summed E-state index contributed by atoms with van der Waals surface area (Å²) in [6, 6.07) is 5.93. The molecule has 0 amide bonds. The zero-order valence-corrected chi connectivity index (χ0v) is 16.6. The standard InChI is InChI=1S/C20H26O8/c1-5-23-13-17(25-7-3)19(21)27-15-9-11-16(12-10-15)28-20(22)18(26-8-4)14-24-6-2/h9-14H,5-8H2,1-4H3. The predicted molar refractivity (Wildman–Crippen MR) is 100 cm³/mol. The molecule has 0 unspecified atom stereocenters. The molecular formula is C20H26O8. The second-order valence-corrected chi connectivity index (χ2v) is 4.99. The van der Waals surface area contributed by atoms with E-state index in [1.54, 1.807) is 27.7 Å². The van der Waals surface area contributed by atoms with Crippen LogP contribution in [-0.2, 0) is 28.5 Å². The van der Waals surface area contributed by atoms with E-state index in [9.17, 15) is 9.59 Å². The topological polar surface area (TPSA) is 89.5 Å². The van der Waals surface area contributed by atoms with Crippen LogP contribution < -0.4 is 9.47 Å². The van der Waals surface area contributed by atoms with Gasteiger partial charge in [0.05, 0.1) is 26.4 Å². The fourth-order valence-corrected chi connectivity index (χ4v) is 1.80. The third kappa shape index (κ3) is 8.03. The third-order valence-corrected chi connectivity index (χ3v) is 2.96. The molecule has 0 heterocycles. The van der Waals surface area contributed by atoms with E-state index >= 15 is 0 Å². The van der Waals surface area contributed by atoms with Crippen molar-refractivity contribution in [1.29, 1.82) is 0 Å². The van der Waals surface area contributed by atoms with Crippen LogP contribution in [0, 0.1) is 0 Å². The van der Waals surface area contributed by atoms with Crippen LogP contribution in [0.15, 0.2) is 48.3 Å². The molecule has 0 saturated carbocycles. The van der Waals surface area contributed by atoms with Crippen molar-refractivity contribution in [2.45, 2.75) is 27.7 Å². The Morgan fingerprint density at radius 1 is 0.679 bits per heavy atom. The van der Waals surface area contributed by atoms with Gasteiger partial charge < -0.3 is 28.4 Å². The Bertz CT molecular complexity index is 617. The summed E-state index contributed by atoms with van der Waals surface area (Å²) in [5.74, 6) is -0.968. The molecule has 0 spiro atoms. The lowest BCUT2D eigenvalue weighted by Crippen LogP contribution is -2.15. The number of carbonyl (C=O) groups excluding carboxylic acids is 2. The summed E-state index contributed by atoms with van der Waals surface area (Å²) in [6.45, 7) is 8.43. The number of benzene rings is 1. The molecule has 0 aliphatic heterocycles. The van der Waals surface area contributed by atoms with E-state index in [2.05, 4.69) is 0 Å². The van der Waals surface area contributed by atoms with Crippen molar-refractivity contribution in [1.82, 2.24) is 0 Å². The summed E-state index contributed by atoms with van der Waals surface area (Å²) in [7, 11) is 0. The monoisotopic (exact) mass is 394 g/mol. The molecule has 1 rings (SSSR count). The van der Waals surface area contributed by atoms with Crippen LogP contribution >= 0.6 is 0 Å². The lowest BCUT2D eigenvalue weighted by molar-refractivity contribution is -0.135. The summed E-state index contributed by atoms with van der Waals surface area (Å²) in [5.41, 5.74) is 0. The molecule has 0 fully saturated rings. The van der Waals surface area contributed by atoms with E-state index in [1.807, 2.05) is 0 Å². The highest BCUT2D eigenvalue weighted by Gasteiger charge is 2.16. The highest BCUT2D eigenvalue weighted by molar-refractivity contribution is 5.88. The first kappa shape index (κ1) is 22.9. The van der Waals surface area contributed by atoms with Crippen LogP contribution in [0.25, 0.3) is 0 Å². The van der Waals surface area contributed by atoms with Crippen LogP contribution in [0.4, 0.5) is 0 Å². The minimum absolute atomic E-state index is 0.0396. The summed E-state index contributed by atoms with van der Waals surface area (Å²) in [5, 5.41) is 0. The summed E-state index contributed by atoms with van der Waals surface area (Å²) < 4.78 is 31.0. The van der Waals surface area contributed by atoms with Gasteiger partial charge in [-0.1, -0.05) is 0 Å². The summed E-state index contributed by atoms with van der Waals surface area (Å²) in [4.78, 5) is 24.2. The van der Waals surface area contributed by atoms with Crippen LogP contribution in [0.3, 0.4) is 0 Å². The SMILES string of the molecule is CCOC=C(OCC)C(=O)Oc1ccc(OC(=O)C(=COCC)OCC)cc1. The van der Waals surface area contributed by atoms with Gasteiger partial charge in [-0.15, -0.1) is 0 Å². The molecule has 0 bridgehead atoms. The van der Waals surface area contributed by atoms with Crippen LogP contribution in [0.5, 0.6) is 11.5 Å². The number of esters is 2. The highest BCUT2D eigenvalue weighted by Crippen LogP contribution is 2.20. The molecule has 0 aliphatic rings. The second kappa shape index (κ2) is 13.1. The van der Waals surface area contributed by atoms with Crippen LogP contribution in [0.2, 0.25) is 0 Å². The quantitative estimate of drug-likeness (QED) is 0.231. The Hall–Kier alpha value is -3.16. The molecule has 0 aliphatic carbocycles. The zero-order valence-electron chi connectivity index (χ0n) is 16.6. The second-order valence-electron chi connectivity index (χ2n) is 4.99. The van der Waals surface area contributed by atoms with Crippen molar-refractivity contribution in [2.24, 2.45) is 0 Å². The first-order chi connectivity index (χ1) is 13.5. The highest BCUT2D eigenvalue weighted by atomic mass is 16.6. The van der Waals surface area contributed by atoms with Crippen molar-refractivity contribution in [2.75, 3.05) is 26.4 Å². The number of hydrogen-bond donors (Lipinski definition) is 0. The van der Waals surface area contributed by atoms with Gasteiger partial charge in [0, 0.05) is 0 Å². The Morgan fingerprint density at radius 3 is 1.32 bits per heavy atom. The lowest BCUT2D eigenvalue weighted by Gasteiger charge is -2.10. The van der Waals surface area contributed by atoms with Crippen molar-refractivity contribution >= 4 is 11.9 Å². The van der Waals surface area contributed by atoms with E-state index in [1.165, 1.54) is 36.8 Å². The maximum Gasteiger partial charge on any atom is 0.382 e. The fraction of sp³-hybridized carbons (Fsp3) is 0.400. The maximum atomic E-state index is 12.1. The van der Waals surface area contributed by atoms with E-state index in [0.29, 0.717) is 26.4 Å². The molecule has 28 heavy (non-hydrogen) atoms. The van der Waals surface area contributed by atoms with Gasteiger partial charge in [0.1, 0.15) is 24.0 Å². The number of carbonyl (C=O) groups is 2. The molecule has 0 atom stereocenters.